The summed E-state index contributed by atoms with van der Waals surface area (Å²) in [6, 6.07) is 1.36. The zero-order chi connectivity index (χ0) is 13.5. The van der Waals surface area contributed by atoms with Gasteiger partial charge in [-0.05, 0) is 24.3 Å². The lowest BCUT2D eigenvalue weighted by atomic mass is 10.1. The summed E-state index contributed by atoms with van der Waals surface area (Å²) in [5.41, 5.74) is 1.33. The van der Waals surface area contributed by atoms with Gasteiger partial charge in [-0.25, -0.2) is 0 Å². The summed E-state index contributed by atoms with van der Waals surface area (Å²) in [7, 11) is 0. The van der Waals surface area contributed by atoms with Gasteiger partial charge in [0.1, 0.15) is 0 Å². The molecule has 0 aromatic rings. The van der Waals surface area contributed by atoms with Gasteiger partial charge in [0.2, 0.25) is 0 Å². The second-order valence-electron chi connectivity index (χ2n) is 6.55. The predicted molar refractivity (Wildman–Crippen MR) is 80.9 cm³/mol. The smallest absolute Gasteiger partial charge is 0.0205 e. The van der Waals surface area contributed by atoms with Crippen molar-refractivity contribution < 1.29 is 0 Å². The number of hydrogen-bond acceptors (Lipinski definition) is 2. The molecule has 0 aliphatic heterocycles. The van der Waals surface area contributed by atoms with E-state index in [0.29, 0.717) is 6.04 Å². The standard InChI is InChI=1S/C16H32N2/c1-13(2)11-18(16-8-6-7-9-16)12-15(5)10-17-14(3)4/h13-14,16-17H,5-12H2,1-4H3. The molecule has 18 heavy (non-hydrogen) atoms. The van der Waals surface area contributed by atoms with E-state index in [4.69, 9.17) is 0 Å². The van der Waals surface area contributed by atoms with Crippen LogP contribution < -0.4 is 5.32 Å². The van der Waals surface area contributed by atoms with Crippen molar-refractivity contribution in [1.82, 2.24) is 10.2 Å². The fraction of sp³-hybridized carbons (Fsp3) is 0.875. The van der Waals surface area contributed by atoms with E-state index in [1.54, 1.807) is 0 Å². The van der Waals surface area contributed by atoms with Crippen molar-refractivity contribution in [2.45, 2.75) is 65.5 Å². The van der Waals surface area contributed by atoms with Crippen LogP contribution in [-0.4, -0.2) is 36.6 Å². The molecule has 0 aromatic heterocycles. The Kier molecular flexibility index (Phi) is 6.95. The molecule has 0 bridgehead atoms. The minimum Gasteiger partial charge on any atom is -0.311 e. The van der Waals surface area contributed by atoms with Gasteiger partial charge < -0.3 is 5.32 Å². The maximum absolute atomic E-state index is 4.24. The van der Waals surface area contributed by atoms with Crippen LogP contribution in [0.4, 0.5) is 0 Å². The summed E-state index contributed by atoms with van der Waals surface area (Å²) < 4.78 is 0. The van der Waals surface area contributed by atoms with Crippen LogP contribution in [0.15, 0.2) is 12.2 Å². The minimum absolute atomic E-state index is 0.548. The van der Waals surface area contributed by atoms with Crippen molar-refractivity contribution in [3.05, 3.63) is 12.2 Å². The Labute approximate surface area is 114 Å². The Balaban J connectivity index is 2.41. The van der Waals surface area contributed by atoms with E-state index in [2.05, 4.69) is 44.5 Å². The molecule has 2 heteroatoms. The third-order valence-corrected chi connectivity index (χ3v) is 3.63. The first-order chi connectivity index (χ1) is 8.49. The summed E-state index contributed by atoms with van der Waals surface area (Å²) in [4.78, 5) is 2.67. The number of hydrogen-bond donors (Lipinski definition) is 1. The highest BCUT2D eigenvalue weighted by Gasteiger charge is 2.23. The van der Waals surface area contributed by atoms with Crippen molar-refractivity contribution >= 4 is 0 Å². The van der Waals surface area contributed by atoms with Crippen LogP contribution in [-0.2, 0) is 0 Å². The molecule has 1 rings (SSSR count). The van der Waals surface area contributed by atoms with Crippen molar-refractivity contribution in [3.63, 3.8) is 0 Å². The van der Waals surface area contributed by atoms with Gasteiger partial charge in [-0.1, -0.05) is 47.1 Å². The first kappa shape index (κ1) is 15.7. The highest BCUT2D eigenvalue weighted by atomic mass is 15.2. The van der Waals surface area contributed by atoms with Crippen LogP contribution in [0, 0.1) is 5.92 Å². The molecule has 1 fully saturated rings. The van der Waals surface area contributed by atoms with Gasteiger partial charge in [-0.15, -0.1) is 0 Å². The highest BCUT2D eigenvalue weighted by molar-refractivity contribution is 5.01. The van der Waals surface area contributed by atoms with E-state index in [1.807, 2.05) is 0 Å². The van der Waals surface area contributed by atoms with Crippen LogP contribution >= 0.6 is 0 Å². The zero-order valence-electron chi connectivity index (χ0n) is 12.8. The SMILES string of the molecule is C=C(CNC(C)C)CN(CC(C)C)C1CCCC1. The molecule has 0 aromatic carbocycles. The molecule has 0 radical (unpaired) electrons. The van der Waals surface area contributed by atoms with E-state index in [-0.39, 0.29) is 0 Å². The van der Waals surface area contributed by atoms with E-state index in [0.717, 1.165) is 25.0 Å². The van der Waals surface area contributed by atoms with Crippen LogP contribution in [0.2, 0.25) is 0 Å². The normalized spacial score (nSPS) is 17.3. The van der Waals surface area contributed by atoms with E-state index < -0.39 is 0 Å². The Morgan fingerprint density at radius 2 is 1.83 bits per heavy atom. The van der Waals surface area contributed by atoms with Crippen molar-refractivity contribution in [1.29, 1.82) is 0 Å². The van der Waals surface area contributed by atoms with Crippen LogP contribution in [0.25, 0.3) is 0 Å². The molecule has 0 heterocycles. The lowest BCUT2D eigenvalue weighted by Crippen LogP contribution is -2.39. The minimum atomic E-state index is 0.548. The monoisotopic (exact) mass is 252 g/mol. The first-order valence-electron chi connectivity index (χ1n) is 7.63. The maximum Gasteiger partial charge on any atom is 0.0205 e. The summed E-state index contributed by atoms with van der Waals surface area (Å²) >= 11 is 0. The summed E-state index contributed by atoms with van der Waals surface area (Å²) in [6.07, 6.45) is 5.60. The number of nitrogens with one attached hydrogen (secondary N) is 1. The van der Waals surface area contributed by atoms with Crippen molar-refractivity contribution in [3.8, 4) is 0 Å². The summed E-state index contributed by atoms with van der Waals surface area (Å²) in [5, 5.41) is 3.47. The van der Waals surface area contributed by atoms with E-state index in [9.17, 15) is 0 Å². The third kappa shape index (κ3) is 6.01. The molecule has 1 N–H and O–H groups in total. The molecule has 1 aliphatic rings. The molecule has 0 saturated heterocycles. The van der Waals surface area contributed by atoms with E-state index in [1.165, 1.54) is 37.8 Å². The van der Waals surface area contributed by atoms with Crippen LogP contribution in [0.1, 0.15) is 53.4 Å². The molecule has 0 atom stereocenters. The lowest BCUT2D eigenvalue weighted by Gasteiger charge is -2.31. The average molecular weight is 252 g/mol. The lowest BCUT2D eigenvalue weighted by molar-refractivity contribution is 0.191. The van der Waals surface area contributed by atoms with Gasteiger partial charge in [-0.3, -0.25) is 4.90 Å². The van der Waals surface area contributed by atoms with Gasteiger partial charge in [0.05, 0.1) is 0 Å². The van der Waals surface area contributed by atoms with Crippen LogP contribution in [0.5, 0.6) is 0 Å². The quantitative estimate of drug-likeness (QED) is 0.666. The van der Waals surface area contributed by atoms with Gasteiger partial charge in [0, 0.05) is 31.7 Å². The number of rotatable bonds is 8. The Morgan fingerprint density at radius 1 is 1.22 bits per heavy atom. The third-order valence-electron chi connectivity index (χ3n) is 3.63. The molecular formula is C16H32N2. The second-order valence-corrected chi connectivity index (χ2v) is 6.55. The fourth-order valence-electron chi connectivity index (χ4n) is 2.77. The van der Waals surface area contributed by atoms with E-state index >= 15 is 0 Å². The zero-order valence-corrected chi connectivity index (χ0v) is 12.8. The van der Waals surface area contributed by atoms with Gasteiger partial charge in [0.15, 0.2) is 0 Å². The Hall–Kier alpha value is -0.340. The Bertz CT molecular complexity index is 239. The predicted octanol–water partition coefficient (Wildman–Crippen LogP) is 3.44. The molecule has 1 saturated carbocycles. The van der Waals surface area contributed by atoms with Gasteiger partial charge in [-0.2, -0.15) is 0 Å². The summed E-state index contributed by atoms with van der Waals surface area (Å²) in [6.45, 7) is 16.5. The first-order valence-corrected chi connectivity index (χ1v) is 7.63. The molecule has 2 nitrogen and oxygen atoms in total. The van der Waals surface area contributed by atoms with Crippen LogP contribution in [0.3, 0.4) is 0 Å². The molecule has 0 amide bonds. The second kappa shape index (κ2) is 7.96. The topological polar surface area (TPSA) is 15.3 Å². The average Bonchev–Trinajstić information content (AvgIpc) is 2.78. The fourth-order valence-corrected chi connectivity index (χ4v) is 2.77. The number of nitrogens with zero attached hydrogens (tertiary/aromatic N) is 1. The molecule has 0 unspecified atom stereocenters. The molecule has 0 spiro atoms. The summed E-state index contributed by atoms with van der Waals surface area (Å²) in [5.74, 6) is 0.747. The maximum atomic E-state index is 4.24. The van der Waals surface area contributed by atoms with Crippen molar-refractivity contribution in [2.24, 2.45) is 5.92 Å². The molecule has 106 valence electrons. The van der Waals surface area contributed by atoms with Gasteiger partial charge >= 0.3 is 0 Å². The van der Waals surface area contributed by atoms with Gasteiger partial charge in [0.25, 0.3) is 0 Å². The molecular weight excluding hydrogens is 220 g/mol. The Morgan fingerprint density at radius 3 is 2.33 bits per heavy atom. The molecule has 1 aliphatic carbocycles. The largest absolute Gasteiger partial charge is 0.311 e. The van der Waals surface area contributed by atoms with Crippen molar-refractivity contribution in [2.75, 3.05) is 19.6 Å². The highest BCUT2D eigenvalue weighted by Crippen LogP contribution is 2.24.